The Morgan fingerprint density at radius 3 is 2.40 bits per heavy atom. The van der Waals surface area contributed by atoms with Gasteiger partial charge in [0.25, 0.3) is 11.5 Å². The van der Waals surface area contributed by atoms with Crippen LogP contribution in [0.5, 0.6) is 0 Å². The summed E-state index contributed by atoms with van der Waals surface area (Å²) >= 11 is 0. The number of aliphatic hydroxyl groups is 1. The fraction of sp³-hybridized carbons (Fsp3) is 0.457. The van der Waals surface area contributed by atoms with E-state index in [0.717, 1.165) is 4.57 Å². The van der Waals surface area contributed by atoms with Crippen LogP contribution in [0, 0.1) is 5.92 Å². The maximum Gasteiger partial charge on any atom is 0.351 e. The standard InChI is InChI=1S/C35H41N8O13P/c1-18(2)31(47)40-34-39-30-29(33(49)41-34)36-17-43(30)27-14-22(23(15-44)53-27)56-57(51)52-16-24-21(55-28(46)10-9-19(3)45)13-26(54-24)42-12-11-25(38-35(42)50)37-32(48)20-7-5-4-6-8-20/h4-8,11-12,17-18,21-24,26-27,44,51H,9-10,13-16H2,1-3H3,(H,37,38,48,50)(H2,39,40,41,47,49)/t21-,22-,23+,24+,26+,27+,57?/m0/s1. The Morgan fingerprint density at radius 1 is 0.982 bits per heavy atom. The van der Waals surface area contributed by atoms with Crippen LogP contribution in [0.3, 0.4) is 0 Å². The van der Waals surface area contributed by atoms with Crippen molar-refractivity contribution in [1.82, 2.24) is 29.1 Å². The highest BCUT2D eigenvalue weighted by Crippen LogP contribution is 2.43. The first kappa shape index (κ1) is 41.4. The number of fused-ring (bicyclic) bond motifs is 1. The van der Waals surface area contributed by atoms with Gasteiger partial charge in [0.2, 0.25) is 11.9 Å². The van der Waals surface area contributed by atoms with Crippen LogP contribution in [-0.2, 0) is 37.6 Å². The van der Waals surface area contributed by atoms with Crippen molar-refractivity contribution < 1.29 is 52.4 Å². The van der Waals surface area contributed by atoms with Gasteiger partial charge in [-0.25, -0.2) is 9.78 Å². The number of hydrogen-bond donors (Lipinski definition) is 5. The van der Waals surface area contributed by atoms with Crippen molar-refractivity contribution in [3.8, 4) is 0 Å². The van der Waals surface area contributed by atoms with Crippen molar-refractivity contribution in [2.75, 3.05) is 23.8 Å². The first-order chi connectivity index (χ1) is 27.3. The summed E-state index contributed by atoms with van der Waals surface area (Å²) in [5, 5.41) is 15.2. The Hall–Kier alpha value is -5.28. The molecule has 0 radical (unpaired) electrons. The number of aliphatic hydroxyl groups excluding tert-OH is 1. The number of aromatic amines is 1. The van der Waals surface area contributed by atoms with Crippen LogP contribution >= 0.6 is 8.60 Å². The smallest absolute Gasteiger partial charge is 0.351 e. The minimum absolute atomic E-state index is 0.00335. The fourth-order valence-corrected chi connectivity index (χ4v) is 6.81. The molecule has 2 fully saturated rings. The van der Waals surface area contributed by atoms with Crippen LogP contribution in [0.15, 0.2) is 58.5 Å². The summed E-state index contributed by atoms with van der Waals surface area (Å²) in [4.78, 5) is 100. The van der Waals surface area contributed by atoms with Gasteiger partial charge >= 0.3 is 20.3 Å². The lowest BCUT2D eigenvalue weighted by molar-refractivity contribution is -0.153. The van der Waals surface area contributed by atoms with E-state index in [9.17, 15) is 38.8 Å². The maximum atomic E-state index is 13.1. The zero-order valence-corrected chi connectivity index (χ0v) is 31.9. The summed E-state index contributed by atoms with van der Waals surface area (Å²) in [5.74, 6) is -2.20. The van der Waals surface area contributed by atoms with E-state index in [2.05, 4.69) is 30.6 Å². The quantitative estimate of drug-likeness (QED) is 0.0795. The average Bonchev–Trinajstić information content (AvgIpc) is 3.90. The molecule has 4 aromatic rings. The number of nitrogens with one attached hydrogen (secondary N) is 3. The Labute approximate surface area is 324 Å². The number of H-pyrrole nitrogens is 1. The number of aromatic nitrogens is 6. The molecule has 1 aromatic carbocycles. The largest absolute Gasteiger partial charge is 0.459 e. The van der Waals surface area contributed by atoms with Gasteiger partial charge in [-0.1, -0.05) is 32.0 Å². The maximum absolute atomic E-state index is 13.1. The van der Waals surface area contributed by atoms with E-state index < -0.39 is 75.2 Å². The zero-order chi connectivity index (χ0) is 40.8. The molecule has 21 nitrogen and oxygen atoms in total. The average molecular weight is 813 g/mol. The van der Waals surface area contributed by atoms with Crippen molar-refractivity contribution in [1.29, 1.82) is 0 Å². The highest BCUT2D eigenvalue weighted by molar-refractivity contribution is 7.40. The van der Waals surface area contributed by atoms with Gasteiger partial charge < -0.3 is 43.4 Å². The van der Waals surface area contributed by atoms with Crippen molar-refractivity contribution in [3.63, 3.8) is 0 Å². The zero-order valence-electron chi connectivity index (χ0n) is 31.0. The molecule has 5 N–H and O–H groups in total. The molecule has 0 saturated carbocycles. The molecular weight excluding hydrogens is 771 g/mol. The van der Waals surface area contributed by atoms with E-state index in [0.29, 0.717) is 5.56 Å². The second-order valence-electron chi connectivity index (χ2n) is 13.5. The topological polar surface area (TPSA) is 277 Å². The highest BCUT2D eigenvalue weighted by Gasteiger charge is 2.42. The third-order valence-electron chi connectivity index (χ3n) is 9.01. The van der Waals surface area contributed by atoms with Gasteiger partial charge in [-0.05, 0) is 25.1 Å². The van der Waals surface area contributed by atoms with Crippen LogP contribution in [0.1, 0.15) is 69.3 Å². The number of Topliss-reactive ketones (excluding diaryl/α,β-unsaturated/α-hetero) is 1. The molecule has 22 heteroatoms. The summed E-state index contributed by atoms with van der Waals surface area (Å²) in [6, 6.07) is 9.76. The Balaban J connectivity index is 1.11. The molecule has 1 unspecified atom stereocenters. The van der Waals surface area contributed by atoms with Crippen molar-refractivity contribution >= 4 is 55.1 Å². The number of ether oxygens (including phenoxy) is 3. The van der Waals surface area contributed by atoms with Crippen LogP contribution in [0.2, 0.25) is 0 Å². The predicted molar refractivity (Wildman–Crippen MR) is 198 cm³/mol. The number of anilines is 2. The molecule has 2 saturated heterocycles. The number of nitrogens with zero attached hydrogens (tertiary/aromatic N) is 5. The number of hydrogen-bond acceptors (Lipinski definition) is 16. The van der Waals surface area contributed by atoms with E-state index >= 15 is 0 Å². The first-order valence-electron chi connectivity index (χ1n) is 17.9. The van der Waals surface area contributed by atoms with E-state index in [1.54, 1.807) is 44.2 Å². The monoisotopic (exact) mass is 812 g/mol. The molecule has 57 heavy (non-hydrogen) atoms. The number of carbonyl (C=O) groups is 4. The SMILES string of the molecule is CC(=O)CCC(=O)O[C@H]1C[C@H](n2ccc(NC(=O)c3ccccc3)nc2=O)O[C@@H]1COP(O)O[C@H]1C[C@H](n2cnc3c(=O)[nH]c(NC(=O)C(C)C)nc32)O[C@@H]1CO. The van der Waals surface area contributed by atoms with Gasteiger partial charge in [-0.2, -0.15) is 9.97 Å². The van der Waals surface area contributed by atoms with Gasteiger partial charge in [-0.15, -0.1) is 0 Å². The fourth-order valence-electron chi connectivity index (χ4n) is 6.02. The van der Waals surface area contributed by atoms with Crippen LogP contribution in [0.25, 0.3) is 11.2 Å². The van der Waals surface area contributed by atoms with Gasteiger partial charge in [0, 0.05) is 36.9 Å². The summed E-state index contributed by atoms with van der Waals surface area (Å²) in [6.45, 7) is 3.82. The molecule has 304 valence electrons. The number of esters is 1. The normalized spacial score (nSPS) is 22.4. The number of benzene rings is 1. The van der Waals surface area contributed by atoms with Gasteiger partial charge in [0.05, 0.1) is 32.1 Å². The number of imidazole rings is 1. The van der Waals surface area contributed by atoms with Gasteiger partial charge in [0.1, 0.15) is 42.4 Å². The van der Waals surface area contributed by atoms with Crippen LogP contribution < -0.4 is 21.9 Å². The predicted octanol–water partition coefficient (Wildman–Crippen LogP) is 1.69. The lowest BCUT2D eigenvalue weighted by Gasteiger charge is -2.22. The molecule has 2 aliphatic rings. The van der Waals surface area contributed by atoms with E-state index in [4.69, 9.17) is 23.3 Å². The summed E-state index contributed by atoms with van der Waals surface area (Å²) < 4.78 is 31.6. The first-order valence-corrected chi connectivity index (χ1v) is 19.0. The summed E-state index contributed by atoms with van der Waals surface area (Å²) in [5.41, 5.74) is -0.923. The molecule has 6 rings (SSSR count). The molecular formula is C35H41N8O13P. The molecule has 2 aliphatic heterocycles. The molecule has 7 atom stereocenters. The third kappa shape index (κ3) is 10.2. The van der Waals surface area contributed by atoms with Crippen LogP contribution in [0.4, 0.5) is 11.8 Å². The molecule has 3 aromatic heterocycles. The Kier molecular flexibility index (Phi) is 13.3. The van der Waals surface area contributed by atoms with Gasteiger partial charge in [-0.3, -0.25) is 38.6 Å². The molecule has 0 spiro atoms. The number of carbonyl (C=O) groups excluding carboxylic acids is 4. The second-order valence-corrected chi connectivity index (χ2v) is 14.5. The number of ketones is 1. The number of amides is 2. The molecule has 0 aliphatic carbocycles. The number of rotatable bonds is 16. The minimum Gasteiger partial charge on any atom is -0.459 e. The Morgan fingerprint density at radius 2 is 1.70 bits per heavy atom. The molecule has 5 heterocycles. The lowest BCUT2D eigenvalue weighted by Crippen LogP contribution is -2.31. The van der Waals surface area contributed by atoms with Crippen LogP contribution in [-0.4, -0.2) is 100 Å². The minimum atomic E-state index is -2.66. The molecule has 0 bridgehead atoms. The third-order valence-corrected chi connectivity index (χ3v) is 9.83. The van der Waals surface area contributed by atoms with Crippen molar-refractivity contribution in [3.05, 3.63) is 75.3 Å². The summed E-state index contributed by atoms with van der Waals surface area (Å²) in [7, 11) is -2.66. The highest BCUT2D eigenvalue weighted by atomic mass is 31.2. The lowest BCUT2D eigenvalue weighted by atomic mass is 10.2. The van der Waals surface area contributed by atoms with Crippen molar-refractivity contribution in [2.24, 2.45) is 5.92 Å². The van der Waals surface area contributed by atoms with E-state index in [-0.39, 0.29) is 72.8 Å². The van der Waals surface area contributed by atoms with Gasteiger partial charge in [0.15, 0.2) is 11.2 Å². The van der Waals surface area contributed by atoms with E-state index in [1.807, 2.05) is 0 Å². The molecule has 2 amide bonds. The second kappa shape index (κ2) is 18.3. The van der Waals surface area contributed by atoms with E-state index in [1.165, 1.54) is 30.1 Å². The summed E-state index contributed by atoms with van der Waals surface area (Å²) in [6.07, 6.45) is -3.23. The Bertz CT molecular complexity index is 2210. The van der Waals surface area contributed by atoms with Crippen molar-refractivity contribution in [2.45, 2.75) is 83.3 Å².